The molecule has 93 heavy (non-hydrogen) atoms. The van der Waals surface area contributed by atoms with Crippen LogP contribution in [0.25, 0.3) is 46.6 Å². The molecule has 0 fully saturated rings. The first-order valence-electron chi connectivity index (χ1n) is 27.6. The molecule has 2 aromatic heterocycles. The lowest BCUT2D eigenvalue weighted by Gasteiger charge is -2.10. The predicted molar refractivity (Wildman–Crippen MR) is 365 cm³/mol. The molecule has 2 heterocycles. The Morgan fingerprint density at radius 2 is 0.806 bits per heavy atom. The van der Waals surface area contributed by atoms with E-state index in [0.29, 0.717) is 44.0 Å². The summed E-state index contributed by atoms with van der Waals surface area (Å²) in [5.74, 6) is -8.48. The van der Waals surface area contributed by atoms with E-state index in [0.717, 1.165) is 50.7 Å². The number of carbonyl (C=O) groups is 8. The number of nitrogens with one attached hydrogen (secondary N) is 4. The quantitative estimate of drug-likeness (QED) is 0.0418. The highest BCUT2D eigenvalue weighted by molar-refractivity contribution is 7.11. The van der Waals surface area contributed by atoms with Crippen molar-refractivity contribution in [1.29, 1.82) is 0 Å². The predicted octanol–water partition coefficient (Wildman–Crippen LogP) is 16.1. The van der Waals surface area contributed by atoms with E-state index in [4.69, 9.17) is 23.2 Å². The van der Waals surface area contributed by atoms with Gasteiger partial charge >= 0.3 is 0 Å². The molecule has 0 saturated heterocycles. The number of imide groups is 4. The summed E-state index contributed by atoms with van der Waals surface area (Å²) in [5.41, 5.74) is 5.52. The number of aryl methyl sites for hydroxylation is 1. The average Bonchev–Trinajstić information content (AvgIpc) is 1.13. The first-order valence-corrected chi connectivity index (χ1v) is 30.1. The van der Waals surface area contributed by atoms with E-state index in [1.165, 1.54) is 54.7 Å². The smallest absolute Gasteiger partial charge is 0.259 e. The molecule has 0 saturated carbocycles. The van der Waals surface area contributed by atoms with Gasteiger partial charge in [-0.3, -0.25) is 59.6 Å². The summed E-state index contributed by atoms with van der Waals surface area (Å²) >= 11 is 14.6. The van der Waals surface area contributed by atoms with Crippen LogP contribution in [-0.4, -0.2) is 47.3 Å². The minimum absolute atomic E-state index is 0.00387. The maximum atomic E-state index is 14.2. The zero-order valence-corrected chi connectivity index (χ0v) is 53.9. The molecule has 8 rings (SSSR count). The molecule has 0 radical (unpaired) electrons. The van der Waals surface area contributed by atoms with E-state index < -0.39 is 70.5 Å². The van der Waals surface area contributed by atoms with Gasteiger partial charge in [0, 0.05) is 64.9 Å². The number of thiophene rings is 2. The van der Waals surface area contributed by atoms with Gasteiger partial charge in [0.2, 0.25) is 0 Å². The lowest BCUT2D eigenvalue weighted by Crippen LogP contribution is -2.31. The molecule has 4 N–H and O–H groups in total. The van der Waals surface area contributed by atoms with Crippen LogP contribution >= 0.6 is 45.9 Å². The van der Waals surface area contributed by atoms with Crippen LogP contribution in [0.2, 0.25) is 10.0 Å². The van der Waals surface area contributed by atoms with Crippen molar-refractivity contribution < 1.29 is 55.9 Å². The molecule has 0 aliphatic heterocycles. The summed E-state index contributed by atoms with van der Waals surface area (Å²) in [4.78, 5) is 98.0. The molecule has 474 valence electrons. The Kier molecular flexibility index (Phi) is 28.2. The van der Waals surface area contributed by atoms with E-state index >= 15 is 0 Å². The maximum absolute atomic E-state index is 14.2. The molecule has 12 nitrogen and oxygen atoms in total. The Morgan fingerprint density at radius 3 is 1.24 bits per heavy atom. The van der Waals surface area contributed by atoms with Crippen molar-refractivity contribution in [3.63, 3.8) is 0 Å². The highest BCUT2D eigenvalue weighted by Gasteiger charge is 2.22. The number of hydrogen-bond acceptors (Lipinski definition) is 10. The third kappa shape index (κ3) is 23.7. The fourth-order valence-corrected chi connectivity index (χ4v) is 9.05. The summed E-state index contributed by atoms with van der Waals surface area (Å²) < 4.78 is 54.1. The fourth-order valence-electron chi connectivity index (χ4n) is 7.40. The first-order chi connectivity index (χ1) is 44.1. The molecule has 20 heteroatoms. The zero-order valence-electron chi connectivity index (χ0n) is 50.7. The number of rotatable bonds is 16. The average molecular weight is 1330 g/mol. The summed E-state index contributed by atoms with van der Waals surface area (Å²) in [7, 11) is 0. The van der Waals surface area contributed by atoms with Crippen molar-refractivity contribution in [3.05, 3.63) is 305 Å². The minimum Gasteiger partial charge on any atom is -0.288 e. The summed E-state index contributed by atoms with van der Waals surface area (Å²) in [6.07, 6.45) is 6.39. The van der Waals surface area contributed by atoms with Gasteiger partial charge in [-0.2, -0.15) is 0 Å². The van der Waals surface area contributed by atoms with E-state index in [1.807, 2.05) is 96.5 Å². The van der Waals surface area contributed by atoms with Crippen LogP contribution in [0.15, 0.2) is 223 Å². The Hall–Kier alpha value is -10.5. The number of hydrogen-bond donors (Lipinski definition) is 4. The Labute approximate surface area is 553 Å². The van der Waals surface area contributed by atoms with Crippen LogP contribution < -0.4 is 21.3 Å². The van der Waals surface area contributed by atoms with Crippen molar-refractivity contribution in [1.82, 2.24) is 21.3 Å². The second kappa shape index (κ2) is 35.8. The van der Waals surface area contributed by atoms with E-state index in [9.17, 15) is 55.9 Å². The van der Waals surface area contributed by atoms with Gasteiger partial charge in [-0.1, -0.05) is 152 Å². The molecular formula is C73H60Cl2F4N4O8S2. The van der Waals surface area contributed by atoms with Crippen molar-refractivity contribution in [2.45, 2.75) is 34.6 Å². The monoisotopic (exact) mass is 1330 g/mol. The van der Waals surface area contributed by atoms with E-state index in [2.05, 4.69) is 47.6 Å². The first kappa shape index (κ1) is 73.2. The molecule has 0 aliphatic carbocycles. The number of halogens is 6. The highest BCUT2D eigenvalue weighted by atomic mass is 35.5. The van der Waals surface area contributed by atoms with Crippen LogP contribution in [0.4, 0.5) is 17.6 Å². The van der Waals surface area contributed by atoms with Crippen molar-refractivity contribution >= 4 is 140 Å². The molecule has 8 aromatic rings. The standard InChI is InChI=1S/C20H17F2NO2.C19H14ClF2NO2.C17H14ClNO2S.C17H15NO2S/c1-12(2)19(24)23-20(25)17(10-14-6-4-13(3)5-7-14)16-9-8-15(21)11-18(16)22;1-11(2)18(24)23-19(25)15(9-12-3-6-14(20)7-4-12)13-5-8-16(21)17(22)10-13;1-11(2)16(20)19-17(21)14(15-4-3-9-22-15)10-12-5-7-13(18)8-6-12;1-12(2)16(19)18-17(20)15(11-14-9-6-10-21-14)13-7-4-3-5-8-13/h4-11H,1H2,2-3H3,(H,23,24,25);3-10H,1H2,2H3,(H,23,24,25);3-10H,1H2,2H3,(H,19,20,21);3-11H,1H2,2H3,(H,18,19,20)/b17-10+;15-9+;14-10-;15-11+. The number of benzene rings is 6. The topological polar surface area (TPSA) is 185 Å². The van der Waals surface area contributed by atoms with Crippen LogP contribution in [0, 0.1) is 30.2 Å². The van der Waals surface area contributed by atoms with Crippen LogP contribution in [-0.2, 0) is 38.4 Å². The maximum Gasteiger partial charge on any atom is 0.259 e. The Bertz CT molecular complexity index is 4260. The Balaban J connectivity index is 0.000000225. The van der Waals surface area contributed by atoms with Crippen molar-refractivity contribution in [3.8, 4) is 0 Å². The second-order valence-corrected chi connectivity index (χ2v) is 22.9. The number of amides is 8. The van der Waals surface area contributed by atoms with Crippen molar-refractivity contribution in [2.24, 2.45) is 0 Å². The summed E-state index contributed by atoms with van der Waals surface area (Å²) in [6.45, 7) is 21.9. The van der Waals surface area contributed by atoms with Gasteiger partial charge < -0.3 is 0 Å². The van der Waals surface area contributed by atoms with E-state index in [-0.39, 0.29) is 39.0 Å². The molecule has 6 aromatic carbocycles. The van der Waals surface area contributed by atoms with Gasteiger partial charge in [-0.05, 0) is 158 Å². The molecule has 8 amide bonds. The third-order valence-corrected chi connectivity index (χ3v) is 14.6. The fraction of sp³-hybridized carbons (Fsp3) is 0.0685. The molecule has 0 unspecified atom stereocenters. The molecular weight excluding hydrogens is 1270 g/mol. The van der Waals surface area contributed by atoms with Gasteiger partial charge in [0.1, 0.15) is 11.6 Å². The summed E-state index contributed by atoms with van der Waals surface area (Å²) in [6, 6.07) is 43.6. The molecule has 0 bridgehead atoms. The van der Waals surface area contributed by atoms with Gasteiger partial charge in [0.15, 0.2) is 11.6 Å². The largest absolute Gasteiger partial charge is 0.288 e. The molecule has 0 spiro atoms. The van der Waals surface area contributed by atoms with Crippen LogP contribution in [0.3, 0.4) is 0 Å². The summed E-state index contributed by atoms with van der Waals surface area (Å²) in [5, 5.41) is 13.9. The lowest BCUT2D eigenvalue weighted by atomic mass is 10.0. The third-order valence-electron chi connectivity index (χ3n) is 12.3. The second-order valence-electron chi connectivity index (χ2n) is 20.1. The lowest BCUT2D eigenvalue weighted by molar-refractivity contribution is -0.126. The molecule has 0 atom stereocenters. The van der Waals surface area contributed by atoms with Crippen LogP contribution in [0.1, 0.15) is 76.4 Å². The zero-order chi connectivity index (χ0) is 68.5. The highest BCUT2D eigenvalue weighted by Crippen LogP contribution is 2.27. The van der Waals surface area contributed by atoms with Gasteiger partial charge in [0.25, 0.3) is 47.3 Å². The SMILES string of the molecule is C=C(C)C(=O)NC(=O)/C(=C/c1ccc(C)cc1)c1ccc(F)cc1F.C=C(C)C(=O)NC(=O)/C(=C/c1ccc(Cl)cc1)c1ccc(F)c(F)c1.C=C(C)C(=O)NC(=O)/C(=C/c1cccs1)c1ccccc1.C=C(C)C(=O)NC(=O)/C(=C\c1ccc(Cl)cc1)c1cccs1. The van der Waals surface area contributed by atoms with Gasteiger partial charge in [-0.15, -0.1) is 22.7 Å². The minimum atomic E-state index is -1.10. The number of carbonyl (C=O) groups excluding carboxylic acids is 8. The van der Waals surface area contributed by atoms with Gasteiger partial charge in [0.05, 0.1) is 11.1 Å². The van der Waals surface area contributed by atoms with E-state index in [1.54, 1.807) is 74.5 Å². The normalized spacial score (nSPS) is 11.1. The van der Waals surface area contributed by atoms with Crippen LogP contribution in [0.5, 0.6) is 0 Å². The molecule has 0 aliphatic rings. The Morgan fingerprint density at radius 1 is 0.387 bits per heavy atom. The van der Waals surface area contributed by atoms with Crippen molar-refractivity contribution in [2.75, 3.05) is 0 Å². The van der Waals surface area contributed by atoms with Gasteiger partial charge in [-0.25, -0.2) is 17.6 Å².